The molecule has 76 valence electrons. The second kappa shape index (κ2) is 3.74. The smallest absolute Gasteiger partial charge is 0.0326 e. The Morgan fingerprint density at radius 3 is 2.71 bits per heavy atom. The average Bonchev–Trinajstić information content (AvgIpc) is 3.00. The zero-order valence-electron chi connectivity index (χ0n) is 9.09. The molecule has 1 atom stereocenters. The molecular formula is C13H19N. The maximum Gasteiger partial charge on any atom is 0.0326 e. The van der Waals surface area contributed by atoms with Crippen LogP contribution in [0, 0.1) is 12.8 Å². The molecule has 0 amide bonds. The molecule has 1 heteroatoms. The lowest BCUT2D eigenvalue weighted by molar-refractivity contribution is 0.626. The van der Waals surface area contributed by atoms with E-state index in [2.05, 4.69) is 32.0 Å². The first kappa shape index (κ1) is 9.72. The summed E-state index contributed by atoms with van der Waals surface area (Å²) in [4.78, 5) is 0. The summed E-state index contributed by atoms with van der Waals surface area (Å²) < 4.78 is 0. The molecule has 0 unspecified atom stereocenters. The minimum absolute atomic E-state index is 0.282. The van der Waals surface area contributed by atoms with E-state index < -0.39 is 0 Å². The van der Waals surface area contributed by atoms with Gasteiger partial charge in [0.25, 0.3) is 0 Å². The highest BCUT2D eigenvalue weighted by molar-refractivity contribution is 5.34. The fraction of sp³-hybridized carbons (Fsp3) is 0.538. The van der Waals surface area contributed by atoms with Gasteiger partial charge in [-0.2, -0.15) is 0 Å². The standard InChI is InChI=1S/C13H19N/c1-3-10-5-4-9(2)8-12(10)13(14)11-6-7-11/h4-5,8,11,13H,3,6-7,14H2,1-2H3/t13-/m1/s1. The van der Waals surface area contributed by atoms with Gasteiger partial charge in [-0.25, -0.2) is 0 Å². The lowest BCUT2D eigenvalue weighted by Gasteiger charge is -2.15. The molecule has 1 nitrogen and oxygen atoms in total. The molecule has 0 bridgehead atoms. The Morgan fingerprint density at radius 1 is 1.43 bits per heavy atom. The van der Waals surface area contributed by atoms with Crippen LogP contribution in [0.15, 0.2) is 18.2 Å². The first-order valence-electron chi connectivity index (χ1n) is 5.57. The van der Waals surface area contributed by atoms with E-state index in [1.54, 1.807) is 0 Å². The Labute approximate surface area is 86.3 Å². The molecule has 1 aromatic carbocycles. The molecule has 0 aliphatic heterocycles. The van der Waals surface area contributed by atoms with Gasteiger partial charge in [-0.1, -0.05) is 30.7 Å². The van der Waals surface area contributed by atoms with E-state index in [4.69, 9.17) is 5.73 Å². The lowest BCUT2D eigenvalue weighted by Crippen LogP contribution is -2.14. The minimum Gasteiger partial charge on any atom is -0.324 e. The second-order valence-electron chi connectivity index (χ2n) is 4.42. The van der Waals surface area contributed by atoms with E-state index in [0.29, 0.717) is 0 Å². The van der Waals surface area contributed by atoms with Gasteiger partial charge < -0.3 is 5.73 Å². The average molecular weight is 189 g/mol. The number of hydrogen-bond acceptors (Lipinski definition) is 1. The van der Waals surface area contributed by atoms with Crippen molar-refractivity contribution in [2.24, 2.45) is 11.7 Å². The van der Waals surface area contributed by atoms with Gasteiger partial charge in [-0.3, -0.25) is 0 Å². The zero-order chi connectivity index (χ0) is 10.1. The van der Waals surface area contributed by atoms with E-state index >= 15 is 0 Å². The Kier molecular flexibility index (Phi) is 2.60. The first-order chi connectivity index (χ1) is 6.72. The summed E-state index contributed by atoms with van der Waals surface area (Å²) in [7, 11) is 0. The van der Waals surface area contributed by atoms with Crippen molar-refractivity contribution in [3.8, 4) is 0 Å². The molecule has 1 saturated carbocycles. The van der Waals surface area contributed by atoms with Crippen molar-refractivity contribution in [3.63, 3.8) is 0 Å². The topological polar surface area (TPSA) is 26.0 Å². The molecule has 2 rings (SSSR count). The van der Waals surface area contributed by atoms with Gasteiger partial charge in [0.15, 0.2) is 0 Å². The maximum absolute atomic E-state index is 6.25. The molecule has 1 aromatic rings. The molecule has 0 radical (unpaired) electrons. The highest BCUT2D eigenvalue weighted by Gasteiger charge is 2.30. The largest absolute Gasteiger partial charge is 0.324 e. The molecule has 0 aromatic heterocycles. The summed E-state index contributed by atoms with van der Waals surface area (Å²) in [5.41, 5.74) is 10.4. The Hall–Kier alpha value is -0.820. The predicted octanol–water partition coefficient (Wildman–Crippen LogP) is 2.97. The Morgan fingerprint density at radius 2 is 2.14 bits per heavy atom. The second-order valence-corrected chi connectivity index (χ2v) is 4.42. The predicted molar refractivity (Wildman–Crippen MR) is 60.2 cm³/mol. The van der Waals surface area contributed by atoms with Gasteiger partial charge in [0.2, 0.25) is 0 Å². The number of aryl methyl sites for hydroxylation is 2. The van der Waals surface area contributed by atoms with Crippen LogP contribution in [0.5, 0.6) is 0 Å². The fourth-order valence-corrected chi connectivity index (χ4v) is 2.06. The third kappa shape index (κ3) is 1.83. The third-order valence-electron chi connectivity index (χ3n) is 3.17. The van der Waals surface area contributed by atoms with Crippen molar-refractivity contribution in [1.82, 2.24) is 0 Å². The summed E-state index contributed by atoms with van der Waals surface area (Å²) in [5, 5.41) is 0. The van der Waals surface area contributed by atoms with Crippen molar-refractivity contribution >= 4 is 0 Å². The van der Waals surface area contributed by atoms with Gasteiger partial charge in [-0.15, -0.1) is 0 Å². The van der Waals surface area contributed by atoms with Gasteiger partial charge >= 0.3 is 0 Å². The van der Waals surface area contributed by atoms with Crippen LogP contribution < -0.4 is 5.73 Å². The highest BCUT2D eigenvalue weighted by atomic mass is 14.7. The van der Waals surface area contributed by atoms with Gasteiger partial charge in [0.05, 0.1) is 0 Å². The van der Waals surface area contributed by atoms with E-state index in [1.807, 2.05) is 0 Å². The molecule has 0 saturated heterocycles. The Bertz CT molecular complexity index is 326. The summed E-state index contributed by atoms with van der Waals surface area (Å²) in [5.74, 6) is 0.752. The van der Waals surface area contributed by atoms with E-state index in [0.717, 1.165) is 12.3 Å². The van der Waals surface area contributed by atoms with E-state index in [1.165, 1.54) is 29.5 Å². The fourth-order valence-electron chi connectivity index (χ4n) is 2.06. The van der Waals surface area contributed by atoms with Crippen molar-refractivity contribution in [1.29, 1.82) is 0 Å². The zero-order valence-corrected chi connectivity index (χ0v) is 9.09. The van der Waals surface area contributed by atoms with Crippen LogP contribution in [-0.4, -0.2) is 0 Å². The minimum atomic E-state index is 0.282. The number of benzene rings is 1. The summed E-state index contributed by atoms with van der Waals surface area (Å²) in [6.45, 7) is 4.34. The van der Waals surface area contributed by atoms with Gasteiger partial charge in [0, 0.05) is 6.04 Å². The quantitative estimate of drug-likeness (QED) is 0.777. The summed E-state index contributed by atoms with van der Waals surface area (Å²) in [6, 6.07) is 6.96. The molecule has 1 fully saturated rings. The van der Waals surface area contributed by atoms with Crippen LogP contribution in [0.1, 0.15) is 42.5 Å². The maximum atomic E-state index is 6.25. The van der Waals surface area contributed by atoms with Gasteiger partial charge in [0.1, 0.15) is 0 Å². The highest BCUT2D eigenvalue weighted by Crippen LogP contribution is 2.40. The van der Waals surface area contributed by atoms with Crippen LogP contribution >= 0.6 is 0 Å². The van der Waals surface area contributed by atoms with Crippen LogP contribution in [0.4, 0.5) is 0 Å². The molecule has 1 aliphatic carbocycles. The summed E-state index contributed by atoms with van der Waals surface area (Å²) in [6.07, 6.45) is 3.73. The number of rotatable bonds is 3. The van der Waals surface area contributed by atoms with Crippen LogP contribution in [0.2, 0.25) is 0 Å². The van der Waals surface area contributed by atoms with Gasteiger partial charge in [-0.05, 0) is 43.2 Å². The molecule has 1 aliphatic rings. The van der Waals surface area contributed by atoms with Crippen LogP contribution in [0.3, 0.4) is 0 Å². The van der Waals surface area contributed by atoms with Crippen LogP contribution in [-0.2, 0) is 6.42 Å². The molecule has 2 N–H and O–H groups in total. The lowest BCUT2D eigenvalue weighted by atomic mass is 9.94. The summed E-state index contributed by atoms with van der Waals surface area (Å²) >= 11 is 0. The van der Waals surface area contributed by atoms with E-state index in [9.17, 15) is 0 Å². The number of hydrogen-bond donors (Lipinski definition) is 1. The molecule has 14 heavy (non-hydrogen) atoms. The Balaban J connectivity index is 2.32. The van der Waals surface area contributed by atoms with Crippen molar-refractivity contribution in [2.45, 2.75) is 39.2 Å². The molecular weight excluding hydrogens is 170 g/mol. The monoisotopic (exact) mass is 189 g/mol. The van der Waals surface area contributed by atoms with Crippen molar-refractivity contribution in [2.75, 3.05) is 0 Å². The number of nitrogens with two attached hydrogens (primary N) is 1. The van der Waals surface area contributed by atoms with Crippen LogP contribution in [0.25, 0.3) is 0 Å². The molecule has 0 heterocycles. The van der Waals surface area contributed by atoms with Crippen molar-refractivity contribution in [3.05, 3.63) is 34.9 Å². The molecule has 0 spiro atoms. The third-order valence-corrected chi connectivity index (χ3v) is 3.17. The van der Waals surface area contributed by atoms with E-state index in [-0.39, 0.29) is 6.04 Å². The first-order valence-corrected chi connectivity index (χ1v) is 5.57. The van der Waals surface area contributed by atoms with Crippen molar-refractivity contribution < 1.29 is 0 Å². The normalized spacial score (nSPS) is 18.2. The SMILES string of the molecule is CCc1ccc(C)cc1[C@H](N)C1CC1.